The highest BCUT2D eigenvalue weighted by Gasteiger charge is 1.88. The average Bonchev–Trinajstić information content (AvgIpc) is 2.87. The molecule has 0 bridgehead atoms. The largest absolute Gasteiger partial charge is 0.686 e. The molecule has 0 saturated carbocycles. The first-order valence-electron chi connectivity index (χ1n) is 4.83. The van der Waals surface area contributed by atoms with E-state index < -0.39 is 0 Å². The molecule has 0 saturated heterocycles. The third-order valence-corrected chi connectivity index (χ3v) is 2.31. The lowest BCUT2D eigenvalue weighted by molar-refractivity contribution is 0.935. The highest BCUT2D eigenvalue weighted by molar-refractivity contribution is 5.42. The van der Waals surface area contributed by atoms with Gasteiger partial charge in [0.2, 0.25) is 0 Å². The smallest absolute Gasteiger partial charge is 0.0478 e. The molecule has 1 aromatic carbocycles. The first-order valence-corrected chi connectivity index (χ1v) is 4.83. The van der Waals surface area contributed by atoms with Gasteiger partial charge in [-0.1, -0.05) is 31.2 Å². The Morgan fingerprint density at radius 3 is 2.79 bits per heavy atom. The van der Waals surface area contributed by atoms with Gasteiger partial charge in [0.25, 0.3) is 0 Å². The van der Waals surface area contributed by atoms with Gasteiger partial charge < -0.3 is 5.32 Å². The maximum atomic E-state index is 4.48. The molecule has 1 aromatic rings. The maximum Gasteiger partial charge on any atom is -0.0478 e. The number of nitrogens with zero attached hydrogens (tertiary/aromatic N) is 1. The second kappa shape index (κ2) is 4.05. The van der Waals surface area contributed by atoms with E-state index in [2.05, 4.69) is 36.5 Å². The van der Waals surface area contributed by atoms with Gasteiger partial charge >= 0.3 is 0 Å². The van der Waals surface area contributed by atoms with E-state index >= 15 is 0 Å². The summed E-state index contributed by atoms with van der Waals surface area (Å²) in [6, 6.07) is 8.55. The van der Waals surface area contributed by atoms with Gasteiger partial charge in [0.05, 0.1) is 0 Å². The quantitative estimate of drug-likeness (QED) is 0.632. The van der Waals surface area contributed by atoms with Crippen LogP contribution >= 0.6 is 0 Å². The summed E-state index contributed by atoms with van der Waals surface area (Å²) in [6.45, 7) is 2.11. The van der Waals surface area contributed by atoms with Crippen molar-refractivity contribution in [3.63, 3.8) is 0 Å². The standard InChI is InChI=1S/C13H13N/c1-11(13-8-4-5-9-13)14-10-12-6-2-3-7-12/h2-11H,1H3/q-2/t11-/m0/s1. The predicted molar refractivity (Wildman–Crippen MR) is 60.2 cm³/mol. The Kier molecular flexibility index (Phi) is 2.59. The molecule has 1 heteroatoms. The Labute approximate surface area is 84.8 Å². The molecule has 1 aliphatic carbocycles. The van der Waals surface area contributed by atoms with Crippen LogP contribution in [0.15, 0.2) is 60.3 Å². The van der Waals surface area contributed by atoms with Gasteiger partial charge in [0.15, 0.2) is 0 Å². The van der Waals surface area contributed by atoms with Crippen molar-refractivity contribution in [1.82, 2.24) is 0 Å². The van der Waals surface area contributed by atoms with Crippen LogP contribution in [-0.2, 0) is 0 Å². The number of hydrogen-bond donors (Lipinski definition) is 0. The van der Waals surface area contributed by atoms with Gasteiger partial charge in [-0.25, -0.2) is 12.1 Å². The van der Waals surface area contributed by atoms with Crippen molar-refractivity contribution >= 4 is 0 Å². The molecule has 0 spiro atoms. The van der Waals surface area contributed by atoms with Crippen LogP contribution in [-0.4, -0.2) is 0 Å². The Morgan fingerprint density at radius 1 is 1.36 bits per heavy atom. The monoisotopic (exact) mass is 183 g/mol. The van der Waals surface area contributed by atoms with Gasteiger partial charge in [-0.3, -0.25) is 0 Å². The molecule has 0 N–H and O–H groups in total. The molecule has 72 valence electrons. The summed E-state index contributed by atoms with van der Waals surface area (Å²) < 4.78 is 0. The molecule has 1 aliphatic rings. The predicted octanol–water partition coefficient (Wildman–Crippen LogP) is 3.85. The summed E-state index contributed by atoms with van der Waals surface area (Å²) in [6.07, 6.45) is 10.1. The number of hydrogen-bond acceptors (Lipinski definition) is 0. The van der Waals surface area contributed by atoms with Crippen LogP contribution in [0.3, 0.4) is 0 Å². The maximum absolute atomic E-state index is 4.48. The van der Waals surface area contributed by atoms with E-state index in [0.29, 0.717) is 0 Å². The Morgan fingerprint density at radius 2 is 2.14 bits per heavy atom. The summed E-state index contributed by atoms with van der Waals surface area (Å²) in [5.41, 5.74) is 2.44. The Bertz CT molecular complexity index is 352. The summed E-state index contributed by atoms with van der Waals surface area (Å²) in [5.74, 6) is 0. The second-order valence-electron chi connectivity index (χ2n) is 3.39. The van der Waals surface area contributed by atoms with E-state index in [1.54, 1.807) is 0 Å². The first kappa shape index (κ1) is 8.95. The Hall–Kier alpha value is -1.63. The zero-order valence-electron chi connectivity index (χ0n) is 8.22. The van der Waals surface area contributed by atoms with Crippen LogP contribution in [0.4, 0.5) is 0 Å². The lowest BCUT2D eigenvalue weighted by Gasteiger charge is -2.28. The SMILES string of the molecule is C[C@H]([N-]C=C1C=CC=C1)c1ccc[cH-]1. The van der Waals surface area contributed by atoms with E-state index in [1.807, 2.05) is 30.5 Å². The van der Waals surface area contributed by atoms with Crippen molar-refractivity contribution in [3.8, 4) is 0 Å². The summed E-state index contributed by atoms with van der Waals surface area (Å²) in [7, 11) is 0. The van der Waals surface area contributed by atoms with Gasteiger partial charge in [-0.05, 0) is 5.57 Å². The van der Waals surface area contributed by atoms with Crippen molar-refractivity contribution in [2.45, 2.75) is 13.0 Å². The minimum Gasteiger partial charge on any atom is -0.686 e. The highest BCUT2D eigenvalue weighted by atomic mass is 14.9. The molecule has 0 heterocycles. The van der Waals surface area contributed by atoms with Crippen LogP contribution in [0.5, 0.6) is 0 Å². The van der Waals surface area contributed by atoms with Crippen LogP contribution < -0.4 is 0 Å². The molecule has 1 atom stereocenters. The van der Waals surface area contributed by atoms with E-state index in [4.69, 9.17) is 0 Å². The van der Waals surface area contributed by atoms with E-state index in [-0.39, 0.29) is 6.04 Å². The van der Waals surface area contributed by atoms with Crippen molar-refractivity contribution in [2.75, 3.05) is 0 Å². The van der Waals surface area contributed by atoms with Crippen molar-refractivity contribution in [2.24, 2.45) is 0 Å². The molecule has 0 fully saturated rings. The molecule has 14 heavy (non-hydrogen) atoms. The van der Waals surface area contributed by atoms with Crippen molar-refractivity contribution in [1.29, 1.82) is 0 Å². The molecule has 0 unspecified atom stereocenters. The molecule has 2 rings (SSSR count). The number of allylic oxidation sites excluding steroid dienone is 5. The van der Waals surface area contributed by atoms with Crippen molar-refractivity contribution < 1.29 is 0 Å². The minimum atomic E-state index is 0.250. The molecular weight excluding hydrogens is 170 g/mol. The number of rotatable bonds is 3. The van der Waals surface area contributed by atoms with Gasteiger partial charge in [0, 0.05) is 0 Å². The fraction of sp³-hybridized carbons (Fsp3) is 0.154. The molecular formula is C13H13N-2. The third kappa shape index (κ3) is 1.99. The van der Waals surface area contributed by atoms with Crippen LogP contribution in [0.2, 0.25) is 0 Å². The van der Waals surface area contributed by atoms with Gasteiger partial charge in [-0.15, -0.1) is 6.04 Å². The van der Waals surface area contributed by atoms with Crippen LogP contribution in [0.25, 0.3) is 5.32 Å². The molecule has 0 aliphatic heterocycles. The molecule has 0 aromatic heterocycles. The summed E-state index contributed by atoms with van der Waals surface area (Å²) in [4.78, 5) is 0. The highest BCUT2D eigenvalue weighted by Crippen LogP contribution is 2.23. The van der Waals surface area contributed by atoms with Crippen LogP contribution in [0.1, 0.15) is 18.5 Å². The molecule has 0 radical (unpaired) electrons. The van der Waals surface area contributed by atoms with Gasteiger partial charge in [0.1, 0.15) is 0 Å². The minimum absolute atomic E-state index is 0.250. The fourth-order valence-electron chi connectivity index (χ4n) is 1.43. The first-order chi connectivity index (χ1) is 6.86. The second-order valence-corrected chi connectivity index (χ2v) is 3.39. The van der Waals surface area contributed by atoms with E-state index in [1.165, 1.54) is 11.1 Å². The summed E-state index contributed by atoms with van der Waals surface area (Å²) in [5, 5.41) is 4.48. The zero-order chi connectivity index (χ0) is 9.80. The summed E-state index contributed by atoms with van der Waals surface area (Å²) >= 11 is 0. The fourth-order valence-corrected chi connectivity index (χ4v) is 1.43. The van der Waals surface area contributed by atoms with Gasteiger partial charge in [-0.2, -0.15) is 23.9 Å². The van der Waals surface area contributed by atoms with Crippen molar-refractivity contribution in [3.05, 3.63) is 71.2 Å². The lowest BCUT2D eigenvalue weighted by Crippen LogP contribution is -1.86. The molecule has 1 nitrogen and oxygen atoms in total. The average molecular weight is 183 g/mol. The lowest BCUT2D eigenvalue weighted by atomic mass is 10.2. The van der Waals surface area contributed by atoms with E-state index in [0.717, 1.165) is 0 Å². The Balaban J connectivity index is 1.95. The van der Waals surface area contributed by atoms with Crippen LogP contribution in [0, 0.1) is 0 Å². The normalized spacial score (nSPS) is 15.9. The topological polar surface area (TPSA) is 14.1 Å². The van der Waals surface area contributed by atoms with E-state index in [9.17, 15) is 0 Å². The third-order valence-electron chi connectivity index (χ3n) is 2.31. The molecule has 0 amide bonds. The zero-order valence-corrected chi connectivity index (χ0v) is 8.22.